The van der Waals surface area contributed by atoms with E-state index in [4.69, 9.17) is 4.98 Å². The number of carbonyl (C=O) groups excluding carboxylic acids is 1. The van der Waals surface area contributed by atoms with Crippen molar-refractivity contribution in [1.82, 2.24) is 14.2 Å². The monoisotopic (exact) mass is 483 g/mol. The maximum atomic E-state index is 13.5. The van der Waals surface area contributed by atoms with Gasteiger partial charge in [-0.05, 0) is 62.4 Å². The van der Waals surface area contributed by atoms with Crippen LogP contribution in [0.25, 0.3) is 10.2 Å². The molecular formula is C25H29N3O3S2. The number of carbonyl (C=O) groups is 1. The Morgan fingerprint density at radius 1 is 1.03 bits per heavy atom. The fraction of sp³-hybridized carbons (Fsp3) is 0.440. The van der Waals surface area contributed by atoms with Crippen molar-refractivity contribution in [3.63, 3.8) is 0 Å². The third-order valence-electron chi connectivity index (χ3n) is 6.76. The summed E-state index contributed by atoms with van der Waals surface area (Å²) < 4.78 is 29.1. The van der Waals surface area contributed by atoms with E-state index in [9.17, 15) is 13.2 Å². The van der Waals surface area contributed by atoms with Gasteiger partial charge in [-0.1, -0.05) is 24.6 Å². The summed E-state index contributed by atoms with van der Waals surface area (Å²) in [7, 11) is -3.58. The van der Waals surface area contributed by atoms with E-state index in [1.807, 2.05) is 30.0 Å². The van der Waals surface area contributed by atoms with Crippen LogP contribution in [-0.2, 0) is 10.0 Å². The lowest BCUT2D eigenvalue weighted by Crippen LogP contribution is -2.39. The molecule has 0 radical (unpaired) electrons. The SMILES string of the molecule is Cc1ccc(S(=O)(=O)N2CCCCC2)cc1C(=O)N1CCCC(c2nc3ccccc3s2)C1. The standard InChI is InChI=1S/C25H29N3O3S2/c1-18-11-12-20(33(30,31)28-14-5-2-6-15-28)16-21(18)25(29)27-13-7-8-19(17-27)24-26-22-9-3-4-10-23(22)32-24/h3-4,9-12,16,19H,2,5-8,13-15,17H2,1H3. The van der Waals surface area contributed by atoms with E-state index in [0.29, 0.717) is 31.7 Å². The fourth-order valence-electron chi connectivity index (χ4n) is 4.84. The predicted octanol–water partition coefficient (Wildman–Crippen LogP) is 4.80. The molecule has 0 spiro atoms. The van der Waals surface area contributed by atoms with Crippen molar-refractivity contribution < 1.29 is 13.2 Å². The van der Waals surface area contributed by atoms with Crippen molar-refractivity contribution in [2.75, 3.05) is 26.2 Å². The minimum Gasteiger partial charge on any atom is -0.338 e. The fourth-order valence-corrected chi connectivity index (χ4v) is 7.48. The van der Waals surface area contributed by atoms with Gasteiger partial charge in [0.2, 0.25) is 10.0 Å². The van der Waals surface area contributed by atoms with Gasteiger partial charge in [0.25, 0.3) is 5.91 Å². The Hall–Kier alpha value is -2.29. The maximum Gasteiger partial charge on any atom is 0.254 e. The smallest absolute Gasteiger partial charge is 0.254 e. The number of likely N-dealkylation sites (tertiary alicyclic amines) is 1. The van der Waals surface area contributed by atoms with E-state index >= 15 is 0 Å². The summed E-state index contributed by atoms with van der Waals surface area (Å²) in [5.41, 5.74) is 2.30. The third kappa shape index (κ3) is 4.44. The summed E-state index contributed by atoms with van der Waals surface area (Å²) in [6.07, 6.45) is 4.76. The first-order chi connectivity index (χ1) is 15.9. The summed E-state index contributed by atoms with van der Waals surface area (Å²) in [4.78, 5) is 20.4. The molecule has 2 aromatic carbocycles. The number of amides is 1. The van der Waals surface area contributed by atoms with Gasteiger partial charge < -0.3 is 4.90 Å². The Labute approximate surface area is 199 Å². The van der Waals surface area contributed by atoms with Gasteiger partial charge in [0, 0.05) is 37.7 Å². The summed E-state index contributed by atoms with van der Waals surface area (Å²) in [6, 6.07) is 13.1. The highest BCUT2D eigenvalue weighted by Gasteiger charge is 2.30. The summed E-state index contributed by atoms with van der Waals surface area (Å²) in [5, 5.41) is 1.08. The molecule has 5 rings (SSSR count). The summed E-state index contributed by atoms with van der Waals surface area (Å²) in [5.74, 6) is 0.120. The minimum atomic E-state index is -3.58. The topological polar surface area (TPSA) is 70.6 Å². The predicted molar refractivity (Wildman–Crippen MR) is 131 cm³/mol. The average molecular weight is 484 g/mol. The van der Waals surface area contributed by atoms with Gasteiger partial charge in [-0.2, -0.15) is 4.31 Å². The second-order valence-electron chi connectivity index (χ2n) is 9.05. The number of aromatic nitrogens is 1. The molecule has 2 fully saturated rings. The van der Waals surface area contributed by atoms with Crippen molar-refractivity contribution in [1.29, 1.82) is 0 Å². The molecular weight excluding hydrogens is 454 g/mol. The van der Waals surface area contributed by atoms with Crippen LogP contribution in [0.1, 0.15) is 59.0 Å². The summed E-state index contributed by atoms with van der Waals surface area (Å²) in [6.45, 7) is 4.27. The first-order valence-electron chi connectivity index (χ1n) is 11.7. The number of rotatable bonds is 4. The molecule has 1 aromatic heterocycles. The lowest BCUT2D eigenvalue weighted by atomic mass is 9.97. The van der Waals surface area contributed by atoms with Gasteiger partial charge in [0.05, 0.1) is 20.1 Å². The van der Waals surface area contributed by atoms with E-state index in [1.165, 1.54) is 4.70 Å². The zero-order chi connectivity index (χ0) is 23.0. The first kappa shape index (κ1) is 22.5. The zero-order valence-electron chi connectivity index (χ0n) is 18.9. The molecule has 3 heterocycles. The molecule has 1 atom stereocenters. The molecule has 1 amide bonds. The molecule has 2 saturated heterocycles. The van der Waals surface area contributed by atoms with Crippen LogP contribution < -0.4 is 0 Å². The highest BCUT2D eigenvalue weighted by atomic mass is 32.2. The number of piperidine rings is 2. The molecule has 0 bridgehead atoms. The molecule has 3 aromatic rings. The zero-order valence-corrected chi connectivity index (χ0v) is 20.5. The van der Waals surface area contributed by atoms with E-state index in [1.54, 1.807) is 33.8 Å². The molecule has 8 heteroatoms. The second kappa shape index (κ2) is 9.16. The highest BCUT2D eigenvalue weighted by molar-refractivity contribution is 7.89. The molecule has 1 unspecified atom stereocenters. The van der Waals surface area contributed by atoms with Crippen LogP contribution in [0.3, 0.4) is 0 Å². The van der Waals surface area contributed by atoms with Crippen molar-refractivity contribution in [3.8, 4) is 0 Å². The number of nitrogens with zero attached hydrogens (tertiary/aromatic N) is 3. The minimum absolute atomic E-state index is 0.0889. The van der Waals surface area contributed by atoms with Crippen molar-refractivity contribution in [2.45, 2.75) is 49.8 Å². The number of fused-ring (bicyclic) bond motifs is 1. The van der Waals surface area contributed by atoms with Crippen LogP contribution in [0.4, 0.5) is 0 Å². The number of sulfonamides is 1. The Bertz CT molecular complexity index is 1250. The number of para-hydroxylation sites is 1. The Kier molecular flexibility index (Phi) is 6.24. The van der Waals surface area contributed by atoms with Gasteiger partial charge in [0.1, 0.15) is 0 Å². The summed E-state index contributed by atoms with van der Waals surface area (Å²) >= 11 is 1.70. The lowest BCUT2D eigenvalue weighted by Gasteiger charge is -2.32. The molecule has 2 aliphatic heterocycles. The van der Waals surface area contributed by atoms with E-state index in [0.717, 1.165) is 48.2 Å². The number of aryl methyl sites for hydroxylation is 1. The largest absolute Gasteiger partial charge is 0.338 e. The maximum absolute atomic E-state index is 13.5. The van der Waals surface area contributed by atoms with Crippen LogP contribution in [0.2, 0.25) is 0 Å². The van der Waals surface area contributed by atoms with Gasteiger partial charge >= 0.3 is 0 Å². The van der Waals surface area contributed by atoms with Crippen LogP contribution in [-0.4, -0.2) is 54.7 Å². The lowest BCUT2D eigenvalue weighted by molar-refractivity contribution is 0.0706. The van der Waals surface area contributed by atoms with Crippen molar-refractivity contribution in [2.24, 2.45) is 0 Å². The van der Waals surface area contributed by atoms with Crippen LogP contribution in [0.15, 0.2) is 47.4 Å². The van der Waals surface area contributed by atoms with Crippen LogP contribution in [0, 0.1) is 6.92 Å². The van der Waals surface area contributed by atoms with Crippen LogP contribution >= 0.6 is 11.3 Å². The normalized spacial score (nSPS) is 20.3. The Morgan fingerprint density at radius 3 is 2.61 bits per heavy atom. The third-order valence-corrected chi connectivity index (χ3v) is 9.85. The van der Waals surface area contributed by atoms with E-state index in [-0.39, 0.29) is 16.7 Å². The highest BCUT2D eigenvalue weighted by Crippen LogP contribution is 2.34. The van der Waals surface area contributed by atoms with Crippen LogP contribution in [0.5, 0.6) is 0 Å². The molecule has 2 aliphatic rings. The number of benzene rings is 2. The van der Waals surface area contributed by atoms with Gasteiger partial charge in [-0.25, -0.2) is 13.4 Å². The number of hydrogen-bond donors (Lipinski definition) is 0. The molecule has 174 valence electrons. The quantitative estimate of drug-likeness (QED) is 0.535. The van der Waals surface area contributed by atoms with Gasteiger partial charge in [0.15, 0.2) is 0 Å². The Morgan fingerprint density at radius 2 is 1.82 bits per heavy atom. The van der Waals surface area contributed by atoms with Gasteiger partial charge in [-0.15, -0.1) is 11.3 Å². The van der Waals surface area contributed by atoms with E-state index in [2.05, 4.69) is 6.07 Å². The molecule has 0 aliphatic carbocycles. The van der Waals surface area contributed by atoms with E-state index < -0.39 is 10.0 Å². The molecule has 33 heavy (non-hydrogen) atoms. The number of thiazole rings is 1. The van der Waals surface area contributed by atoms with Crippen molar-refractivity contribution >= 4 is 37.5 Å². The molecule has 0 saturated carbocycles. The Balaban J connectivity index is 1.38. The van der Waals surface area contributed by atoms with Gasteiger partial charge in [-0.3, -0.25) is 4.79 Å². The second-order valence-corrected chi connectivity index (χ2v) is 12.1. The molecule has 6 nitrogen and oxygen atoms in total. The van der Waals surface area contributed by atoms with Crippen molar-refractivity contribution in [3.05, 3.63) is 58.6 Å². The number of hydrogen-bond acceptors (Lipinski definition) is 5. The average Bonchev–Trinajstić information content (AvgIpc) is 3.29. The first-order valence-corrected chi connectivity index (χ1v) is 13.9. The molecule has 0 N–H and O–H groups in total.